The lowest BCUT2D eigenvalue weighted by molar-refractivity contribution is 0.0985. The first-order valence-electron chi connectivity index (χ1n) is 10.8. The number of hydrogen-bond donors (Lipinski definition) is 1. The first-order chi connectivity index (χ1) is 15.8. The van der Waals surface area contributed by atoms with E-state index in [1.165, 1.54) is 6.26 Å². The first-order valence-corrected chi connectivity index (χ1v) is 12.7. The molecule has 1 saturated heterocycles. The number of morpholine rings is 1. The molecule has 1 aromatic carbocycles. The number of H-pyrrole nitrogens is 1. The quantitative estimate of drug-likeness (QED) is 0.467. The number of nitrogens with one attached hydrogen (secondary N) is 1. The van der Waals surface area contributed by atoms with Crippen molar-refractivity contribution in [2.75, 3.05) is 30.9 Å². The lowest BCUT2D eigenvalue weighted by Gasteiger charge is -2.34. The van der Waals surface area contributed by atoms with Crippen LogP contribution in [0.5, 0.6) is 0 Å². The lowest BCUT2D eigenvalue weighted by atomic mass is 10.0. The van der Waals surface area contributed by atoms with Crippen molar-refractivity contribution in [2.24, 2.45) is 0 Å². The van der Waals surface area contributed by atoms with E-state index < -0.39 is 9.84 Å². The largest absolute Gasteiger partial charge is 0.377 e. The summed E-state index contributed by atoms with van der Waals surface area (Å²) in [5.41, 5.74) is 4.01. The summed E-state index contributed by atoms with van der Waals surface area (Å²) in [5.74, 6) is 1.35. The predicted molar refractivity (Wildman–Crippen MR) is 135 cm³/mol. The number of hydrogen-bond acceptors (Lipinski definition) is 7. The Labute approximate surface area is 200 Å². The number of pyridine rings is 1. The van der Waals surface area contributed by atoms with Crippen molar-refractivity contribution in [3.05, 3.63) is 54.4 Å². The molecule has 0 unspecified atom stereocenters. The Kier molecular flexibility index (Phi) is 6.42. The highest BCUT2D eigenvalue weighted by atomic mass is 32.2. The van der Waals surface area contributed by atoms with E-state index in [0.29, 0.717) is 24.7 Å². The van der Waals surface area contributed by atoms with Crippen LogP contribution in [0.2, 0.25) is 0 Å². The zero-order chi connectivity index (χ0) is 23.2. The number of aromatic amines is 1. The smallest absolute Gasteiger partial charge is 0.175 e. The van der Waals surface area contributed by atoms with E-state index in [9.17, 15) is 8.42 Å². The summed E-state index contributed by atoms with van der Waals surface area (Å²) in [4.78, 5) is 19.8. The van der Waals surface area contributed by atoms with Crippen LogP contribution in [0, 0.1) is 6.92 Å². The van der Waals surface area contributed by atoms with Crippen molar-refractivity contribution in [1.29, 1.82) is 0 Å². The minimum Gasteiger partial charge on any atom is -0.377 e. The molecule has 0 spiro atoms. The Morgan fingerprint density at radius 1 is 1.12 bits per heavy atom. The van der Waals surface area contributed by atoms with Gasteiger partial charge < -0.3 is 14.6 Å². The molecule has 8 nitrogen and oxygen atoms in total. The molecule has 4 heterocycles. The fourth-order valence-electron chi connectivity index (χ4n) is 4.17. The highest BCUT2D eigenvalue weighted by molar-refractivity contribution is 7.90. The maximum absolute atomic E-state index is 12.2. The summed E-state index contributed by atoms with van der Waals surface area (Å²) < 4.78 is 30.1. The second-order valence-electron chi connectivity index (χ2n) is 8.40. The molecule has 0 amide bonds. The topological polar surface area (TPSA) is 101 Å². The monoisotopic (exact) mass is 479 g/mol. The Hall–Kier alpha value is -3.30. The van der Waals surface area contributed by atoms with Crippen LogP contribution < -0.4 is 4.90 Å². The van der Waals surface area contributed by atoms with Gasteiger partial charge in [-0.2, -0.15) is 0 Å². The van der Waals surface area contributed by atoms with Crippen LogP contribution in [-0.2, 0) is 14.6 Å². The number of ether oxygens (including phenoxy) is 1. The predicted octanol–water partition coefficient (Wildman–Crippen LogP) is 4.26. The van der Waals surface area contributed by atoms with Crippen molar-refractivity contribution < 1.29 is 13.2 Å². The summed E-state index contributed by atoms with van der Waals surface area (Å²) in [6, 6.07) is 11.1. The fourth-order valence-corrected chi connectivity index (χ4v) is 4.82. The molecular weight excluding hydrogens is 450 g/mol. The molecule has 1 fully saturated rings. The van der Waals surface area contributed by atoms with Crippen LogP contribution in [0.15, 0.2) is 53.7 Å². The molecule has 34 heavy (non-hydrogen) atoms. The minimum atomic E-state index is -3.36. The van der Waals surface area contributed by atoms with Crippen LogP contribution in [-0.4, -0.2) is 60.4 Å². The van der Waals surface area contributed by atoms with Crippen molar-refractivity contribution in [1.82, 2.24) is 19.9 Å². The number of nitrogens with zero attached hydrogens (tertiary/aromatic N) is 4. The van der Waals surface area contributed by atoms with Gasteiger partial charge in [0.1, 0.15) is 11.5 Å². The summed E-state index contributed by atoms with van der Waals surface area (Å²) in [6.45, 7) is 6.02. The van der Waals surface area contributed by atoms with Gasteiger partial charge in [0, 0.05) is 47.8 Å². The third-order valence-corrected chi connectivity index (χ3v) is 7.10. The van der Waals surface area contributed by atoms with E-state index in [-0.39, 0.29) is 18.4 Å². The van der Waals surface area contributed by atoms with E-state index in [1.807, 2.05) is 37.4 Å². The molecule has 1 N–H and O–H groups in total. The van der Waals surface area contributed by atoms with Gasteiger partial charge in [0.05, 0.1) is 29.8 Å². The van der Waals surface area contributed by atoms with Crippen LogP contribution in [0.25, 0.3) is 33.7 Å². The number of fused-ring (bicyclic) bond motifs is 1. The molecule has 1 aliphatic rings. The van der Waals surface area contributed by atoms with E-state index in [2.05, 4.69) is 21.8 Å². The number of rotatable bonds is 4. The number of aromatic nitrogens is 4. The number of benzene rings is 1. The van der Waals surface area contributed by atoms with Crippen molar-refractivity contribution in [3.8, 4) is 22.6 Å². The molecule has 178 valence electrons. The third kappa shape index (κ3) is 4.41. The summed E-state index contributed by atoms with van der Waals surface area (Å²) in [7, 11) is -3.36. The Morgan fingerprint density at radius 3 is 2.71 bits per heavy atom. The van der Waals surface area contributed by atoms with Crippen molar-refractivity contribution in [3.63, 3.8) is 0 Å². The van der Waals surface area contributed by atoms with Gasteiger partial charge in [0.2, 0.25) is 0 Å². The molecule has 0 saturated carbocycles. The van der Waals surface area contributed by atoms with Crippen LogP contribution in [0.4, 0.5) is 5.82 Å². The van der Waals surface area contributed by atoms with Crippen LogP contribution in [0.1, 0.15) is 19.9 Å². The van der Waals surface area contributed by atoms with Gasteiger partial charge in [0.25, 0.3) is 0 Å². The number of aryl methyl sites for hydroxylation is 1. The Balaban J connectivity index is 0.00000274. The maximum atomic E-state index is 12.2. The highest BCUT2D eigenvalue weighted by Crippen LogP contribution is 2.32. The minimum absolute atomic E-state index is 0. The molecule has 1 atom stereocenters. The highest BCUT2D eigenvalue weighted by Gasteiger charge is 2.23. The van der Waals surface area contributed by atoms with Gasteiger partial charge in [-0.3, -0.25) is 0 Å². The van der Waals surface area contributed by atoms with Crippen LogP contribution >= 0.6 is 0 Å². The third-order valence-electron chi connectivity index (χ3n) is 5.99. The molecule has 1 aliphatic heterocycles. The molecule has 0 aliphatic carbocycles. The van der Waals surface area contributed by atoms with E-state index in [4.69, 9.17) is 14.7 Å². The van der Waals surface area contributed by atoms with Crippen molar-refractivity contribution in [2.45, 2.75) is 32.2 Å². The Morgan fingerprint density at radius 2 is 1.94 bits per heavy atom. The van der Waals surface area contributed by atoms with Gasteiger partial charge in [-0.05, 0) is 43.7 Å². The normalized spacial score (nSPS) is 16.4. The summed E-state index contributed by atoms with van der Waals surface area (Å²) in [6.07, 6.45) is 4.79. The van der Waals surface area contributed by atoms with E-state index in [1.54, 1.807) is 18.3 Å². The fraction of sp³-hybridized carbons (Fsp3) is 0.320. The molecule has 0 bridgehead atoms. The summed E-state index contributed by atoms with van der Waals surface area (Å²) >= 11 is 0. The molecule has 0 radical (unpaired) electrons. The SMILES string of the molecule is C.Cc1ccc(S(C)(=O)=O)cc1-c1cc(N2CCOC[C@H]2C)nc(-c2ccnc3[nH]ccc23)n1. The average molecular weight is 480 g/mol. The number of sulfone groups is 1. The standard InChI is InChI=1S/C24H25N5O3S.CH4/c1-15-4-5-17(33(3,30)31)12-20(15)21-13-22(29-10-11-32-14-16(29)2)28-24(27-21)19-7-9-26-23-18(19)6-8-25-23;/h4-9,12-13,16H,10-11,14H2,1-3H3,(H,25,26);1H4/t16-;/m1./s1. The molecule has 3 aromatic heterocycles. The van der Waals surface area contributed by atoms with Gasteiger partial charge in [-0.1, -0.05) is 13.5 Å². The number of anilines is 1. The molecule has 5 rings (SSSR count). The van der Waals surface area contributed by atoms with Gasteiger partial charge in [-0.25, -0.2) is 23.4 Å². The van der Waals surface area contributed by atoms with Gasteiger partial charge in [0.15, 0.2) is 15.7 Å². The lowest BCUT2D eigenvalue weighted by Crippen LogP contribution is -2.44. The molecule has 9 heteroatoms. The zero-order valence-corrected chi connectivity index (χ0v) is 19.6. The first kappa shape index (κ1) is 23.8. The molecular formula is C25H29N5O3S. The zero-order valence-electron chi connectivity index (χ0n) is 18.7. The van der Waals surface area contributed by atoms with E-state index in [0.717, 1.165) is 40.1 Å². The van der Waals surface area contributed by atoms with Gasteiger partial charge >= 0.3 is 0 Å². The van der Waals surface area contributed by atoms with E-state index >= 15 is 0 Å². The molecule has 4 aromatic rings. The van der Waals surface area contributed by atoms with Gasteiger partial charge in [-0.15, -0.1) is 0 Å². The van der Waals surface area contributed by atoms with Crippen molar-refractivity contribution >= 4 is 26.7 Å². The second kappa shape index (κ2) is 9.15. The van der Waals surface area contributed by atoms with Crippen LogP contribution in [0.3, 0.4) is 0 Å². The second-order valence-corrected chi connectivity index (χ2v) is 10.4. The summed E-state index contributed by atoms with van der Waals surface area (Å²) in [5, 5.41) is 0.928. The Bertz CT molecular complexity index is 1450. The maximum Gasteiger partial charge on any atom is 0.175 e. The average Bonchev–Trinajstić information content (AvgIpc) is 3.27.